The molecule has 0 spiro atoms. The van der Waals surface area contributed by atoms with E-state index in [9.17, 15) is 8.78 Å². The molecule has 102 valence electrons. The SMILES string of the molecule is Cn1c(Cl)cnc1CNc1ccccc1SC(F)F. The molecule has 1 aromatic heterocycles. The maximum atomic E-state index is 12.4. The van der Waals surface area contributed by atoms with Crippen molar-refractivity contribution in [2.75, 3.05) is 5.32 Å². The van der Waals surface area contributed by atoms with Crippen LogP contribution in [-0.4, -0.2) is 15.3 Å². The molecule has 0 saturated carbocycles. The molecular weight excluding hydrogens is 292 g/mol. The molecule has 1 aromatic carbocycles. The van der Waals surface area contributed by atoms with Crippen LogP contribution >= 0.6 is 23.4 Å². The molecule has 0 saturated heterocycles. The molecule has 1 N–H and O–H groups in total. The van der Waals surface area contributed by atoms with Gasteiger partial charge in [-0.25, -0.2) is 4.98 Å². The van der Waals surface area contributed by atoms with Gasteiger partial charge in [-0.1, -0.05) is 35.5 Å². The average molecular weight is 304 g/mol. The number of nitrogens with zero attached hydrogens (tertiary/aromatic N) is 2. The van der Waals surface area contributed by atoms with Crippen LogP contribution in [0, 0.1) is 0 Å². The Morgan fingerprint density at radius 3 is 2.79 bits per heavy atom. The molecule has 0 amide bonds. The topological polar surface area (TPSA) is 29.9 Å². The standard InChI is InChI=1S/C12H12ClF2N3S/c1-18-10(13)6-17-11(18)7-16-8-4-2-3-5-9(8)19-12(14)15/h2-6,12,16H,7H2,1H3. The fourth-order valence-corrected chi connectivity index (χ4v) is 2.34. The van der Waals surface area contributed by atoms with Gasteiger partial charge in [-0.05, 0) is 12.1 Å². The second-order valence-corrected chi connectivity index (χ2v) is 5.20. The average Bonchev–Trinajstić information content (AvgIpc) is 2.68. The second kappa shape index (κ2) is 6.25. The molecule has 2 rings (SSSR count). The van der Waals surface area contributed by atoms with Gasteiger partial charge in [0.25, 0.3) is 5.76 Å². The number of nitrogens with one attached hydrogen (secondary N) is 1. The quantitative estimate of drug-likeness (QED) is 0.847. The third-order valence-corrected chi connectivity index (χ3v) is 3.71. The summed E-state index contributed by atoms with van der Waals surface area (Å²) in [6.45, 7) is 0.421. The number of alkyl halides is 2. The van der Waals surface area contributed by atoms with E-state index in [4.69, 9.17) is 11.6 Å². The summed E-state index contributed by atoms with van der Waals surface area (Å²) in [5, 5.41) is 3.63. The van der Waals surface area contributed by atoms with Crippen molar-refractivity contribution in [3.63, 3.8) is 0 Å². The van der Waals surface area contributed by atoms with Gasteiger partial charge in [-0.3, -0.25) is 0 Å². The van der Waals surface area contributed by atoms with Crippen molar-refractivity contribution >= 4 is 29.1 Å². The first-order chi connectivity index (χ1) is 9.08. The van der Waals surface area contributed by atoms with E-state index in [1.165, 1.54) is 0 Å². The lowest BCUT2D eigenvalue weighted by molar-refractivity contribution is 0.252. The summed E-state index contributed by atoms with van der Waals surface area (Å²) in [6.07, 6.45) is 1.55. The minimum atomic E-state index is -2.44. The van der Waals surface area contributed by atoms with Crippen molar-refractivity contribution in [3.05, 3.63) is 41.4 Å². The lowest BCUT2D eigenvalue weighted by atomic mass is 10.3. The highest BCUT2D eigenvalue weighted by Gasteiger charge is 2.10. The van der Waals surface area contributed by atoms with E-state index < -0.39 is 5.76 Å². The number of para-hydroxylation sites is 1. The van der Waals surface area contributed by atoms with Crippen molar-refractivity contribution in [2.24, 2.45) is 7.05 Å². The van der Waals surface area contributed by atoms with Gasteiger partial charge in [0.15, 0.2) is 0 Å². The zero-order valence-electron chi connectivity index (χ0n) is 10.1. The zero-order valence-corrected chi connectivity index (χ0v) is 11.7. The molecule has 0 aliphatic heterocycles. The van der Waals surface area contributed by atoms with Crippen molar-refractivity contribution in [2.45, 2.75) is 17.2 Å². The third-order valence-electron chi connectivity index (χ3n) is 2.57. The van der Waals surface area contributed by atoms with Gasteiger partial charge >= 0.3 is 0 Å². The number of hydrogen-bond acceptors (Lipinski definition) is 3. The van der Waals surface area contributed by atoms with Crippen LogP contribution < -0.4 is 5.32 Å². The number of benzene rings is 1. The number of anilines is 1. The Morgan fingerprint density at radius 1 is 1.42 bits per heavy atom. The van der Waals surface area contributed by atoms with E-state index in [-0.39, 0.29) is 0 Å². The first kappa shape index (κ1) is 14.1. The minimum Gasteiger partial charge on any atom is -0.377 e. The molecule has 7 heteroatoms. The fourth-order valence-electron chi connectivity index (χ4n) is 1.57. The molecule has 0 aliphatic carbocycles. The van der Waals surface area contributed by atoms with E-state index in [2.05, 4.69) is 10.3 Å². The van der Waals surface area contributed by atoms with E-state index in [0.29, 0.717) is 34.0 Å². The Balaban J connectivity index is 2.09. The molecular formula is C12H12ClF2N3S. The fraction of sp³-hybridized carbons (Fsp3) is 0.250. The van der Waals surface area contributed by atoms with Crippen LogP contribution in [0.15, 0.2) is 35.4 Å². The van der Waals surface area contributed by atoms with Crippen LogP contribution in [0.25, 0.3) is 0 Å². The highest BCUT2D eigenvalue weighted by atomic mass is 35.5. The van der Waals surface area contributed by atoms with Crippen LogP contribution in [-0.2, 0) is 13.6 Å². The predicted molar refractivity (Wildman–Crippen MR) is 73.8 cm³/mol. The maximum absolute atomic E-state index is 12.4. The molecule has 0 aliphatic rings. The number of aromatic nitrogens is 2. The Labute approximate surface area is 119 Å². The smallest absolute Gasteiger partial charge is 0.288 e. The lowest BCUT2D eigenvalue weighted by Crippen LogP contribution is -2.06. The summed E-state index contributed by atoms with van der Waals surface area (Å²) < 4.78 is 26.6. The molecule has 0 atom stereocenters. The Morgan fingerprint density at radius 2 is 2.16 bits per heavy atom. The van der Waals surface area contributed by atoms with Crippen molar-refractivity contribution in [3.8, 4) is 0 Å². The molecule has 0 radical (unpaired) electrons. The van der Waals surface area contributed by atoms with E-state index in [0.717, 1.165) is 5.82 Å². The summed E-state index contributed by atoms with van der Waals surface area (Å²) in [7, 11) is 1.80. The number of hydrogen-bond donors (Lipinski definition) is 1. The van der Waals surface area contributed by atoms with E-state index in [1.54, 1.807) is 42.1 Å². The number of imidazole rings is 1. The largest absolute Gasteiger partial charge is 0.377 e. The number of rotatable bonds is 5. The van der Waals surface area contributed by atoms with E-state index >= 15 is 0 Å². The van der Waals surface area contributed by atoms with Crippen molar-refractivity contribution in [1.29, 1.82) is 0 Å². The zero-order chi connectivity index (χ0) is 13.8. The van der Waals surface area contributed by atoms with Gasteiger partial charge in [0.05, 0.1) is 12.7 Å². The first-order valence-electron chi connectivity index (χ1n) is 5.51. The monoisotopic (exact) mass is 303 g/mol. The molecule has 2 aromatic rings. The van der Waals surface area contributed by atoms with Gasteiger partial charge in [0, 0.05) is 17.6 Å². The number of halogens is 3. The molecule has 19 heavy (non-hydrogen) atoms. The third kappa shape index (κ3) is 3.61. The summed E-state index contributed by atoms with van der Waals surface area (Å²) in [5.41, 5.74) is 0.659. The molecule has 3 nitrogen and oxygen atoms in total. The molecule has 0 bridgehead atoms. The van der Waals surface area contributed by atoms with Crippen LogP contribution in [0.2, 0.25) is 5.15 Å². The summed E-state index contributed by atoms with van der Waals surface area (Å²) in [5.74, 6) is -1.70. The van der Waals surface area contributed by atoms with Gasteiger partial charge in [-0.15, -0.1) is 0 Å². The van der Waals surface area contributed by atoms with Crippen LogP contribution in [0.3, 0.4) is 0 Å². The Kier molecular flexibility index (Phi) is 4.66. The first-order valence-corrected chi connectivity index (χ1v) is 6.77. The van der Waals surface area contributed by atoms with Gasteiger partial charge < -0.3 is 9.88 Å². The minimum absolute atomic E-state index is 0.421. The van der Waals surface area contributed by atoms with Crippen LogP contribution in [0.1, 0.15) is 5.82 Å². The van der Waals surface area contributed by atoms with Crippen molar-refractivity contribution in [1.82, 2.24) is 9.55 Å². The maximum Gasteiger partial charge on any atom is 0.288 e. The Bertz CT molecular complexity index is 560. The Hall–Kier alpha value is -1.27. The molecule has 0 fully saturated rings. The second-order valence-electron chi connectivity index (χ2n) is 3.78. The number of thioether (sulfide) groups is 1. The highest BCUT2D eigenvalue weighted by molar-refractivity contribution is 7.99. The predicted octanol–water partition coefficient (Wildman–Crippen LogP) is 4.00. The summed E-state index contributed by atoms with van der Waals surface area (Å²) in [6, 6.07) is 6.94. The van der Waals surface area contributed by atoms with Gasteiger partial charge in [0.1, 0.15) is 11.0 Å². The molecule has 0 unspecified atom stereocenters. The van der Waals surface area contributed by atoms with Crippen LogP contribution in [0.5, 0.6) is 0 Å². The molecule has 1 heterocycles. The van der Waals surface area contributed by atoms with Crippen LogP contribution in [0.4, 0.5) is 14.5 Å². The summed E-state index contributed by atoms with van der Waals surface area (Å²) in [4.78, 5) is 4.65. The van der Waals surface area contributed by atoms with Gasteiger partial charge in [-0.2, -0.15) is 8.78 Å². The lowest BCUT2D eigenvalue weighted by Gasteiger charge is -2.11. The van der Waals surface area contributed by atoms with Crippen molar-refractivity contribution < 1.29 is 8.78 Å². The highest BCUT2D eigenvalue weighted by Crippen LogP contribution is 2.31. The van der Waals surface area contributed by atoms with E-state index in [1.807, 2.05) is 0 Å². The van der Waals surface area contributed by atoms with Gasteiger partial charge in [0.2, 0.25) is 0 Å². The summed E-state index contributed by atoms with van der Waals surface area (Å²) >= 11 is 6.40. The normalized spacial score (nSPS) is 11.0.